The number of rotatable bonds is 7. The summed E-state index contributed by atoms with van der Waals surface area (Å²) in [5.41, 5.74) is 2.93. The third-order valence-corrected chi connectivity index (χ3v) is 3.65. The summed E-state index contributed by atoms with van der Waals surface area (Å²) in [4.78, 5) is 4.51. The summed E-state index contributed by atoms with van der Waals surface area (Å²) in [5, 5.41) is 0. The molecule has 2 aromatic carbocycles. The molecule has 0 radical (unpaired) electrons. The Morgan fingerprint density at radius 3 is 2.09 bits per heavy atom. The van der Waals surface area contributed by atoms with Crippen molar-refractivity contribution in [2.45, 2.75) is 6.54 Å². The minimum atomic E-state index is -1.96. The van der Waals surface area contributed by atoms with E-state index in [1.54, 1.807) is 21.3 Å². The topological polar surface area (TPSA) is 40.0 Å². The summed E-state index contributed by atoms with van der Waals surface area (Å²) in [6.45, 7) is -1.33. The molecule has 22 heavy (non-hydrogen) atoms. The van der Waals surface area contributed by atoms with Crippen LogP contribution < -0.4 is 5.46 Å². The van der Waals surface area contributed by atoms with Crippen molar-refractivity contribution in [3.8, 4) is 0 Å². The molecule has 0 atom stereocenters. The van der Waals surface area contributed by atoms with Gasteiger partial charge in [0.1, 0.15) is 0 Å². The van der Waals surface area contributed by atoms with Crippen molar-refractivity contribution in [3.05, 3.63) is 65.7 Å². The highest BCUT2D eigenvalue weighted by Gasteiger charge is 2.29. The first-order chi connectivity index (χ1) is 10.8. The maximum absolute atomic E-state index is 5.48. The molecule has 0 aliphatic carbocycles. The molecule has 0 bridgehead atoms. The van der Waals surface area contributed by atoms with Gasteiger partial charge in [-0.25, -0.2) is 0 Å². The molecule has 0 heterocycles. The number of nitrogens with zero attached hydrogens (tertiary/aromatic N) is 1. The number of aliphatic imine (C=N–C) groups is 1. The zero-order valence-corrected chi connectivity index (χ0v) is 13.2. The summed E-state index contributed by atoms with van der Waals surface area (Å²) in [5.74, 6) is 0. The van der Waals surface area contributed by atoms with Gasteiger partial charge in [-0.1, -0.05) is 54.6 Å². The Kier molecular flexibility index (Phi) is 5.89. The van der Waals surface area contributed by atoms with Crippen LogP contribution in [0.15, 0.2) is 59.6 Å². The van der Waals surface area contributed by atoms with Crippen molar-refractivity contribution < 1.29 is 14.0 Å². The molecular formula is C17H21BNO3-. The van der Waals surface area contributed by atoms with Crippen LogP contribution in [0.1, 0.15) is 11.1 Å². The van der Waals surface area contributed by atoms with Crippen LogP contribution >= 0.6 is 0 Å². The van der Waals surface area contributed by atoms with Gasteiger partial charge in [-0.05, 0) is 32.5 Å². The van der Waals surface area contributed by atoms with Crippen LogP contribution in [0.3, 0.4) is 0 Å². The molecule has 2 aromatic rings. The predicted octanol–water partition coefficient (Wildman–Crippen LogP) is 2.39. The van der Waals surface area contributed by atoms with E-state index in [1.807, 2.05) is 48.7 Å². The molecule has 0 unspecified atom stereocenters. The molecule has 0 saturated heterocycles. The van der Waals surface area contributed by atoms with Gasteiger partial charge in [-0.3, -0.25) is 4.99 Å². The molecule has 116 valence electrons. The maximum Gasteiger partial charge on any atom is 0.409 e. The zero-order chi connectivity index (χ0) is 15.8. The Balaban J connectivity index is 2.25. The van der Waals surface area contributed by atoms with Gasteiger partial charge in [0.15, 0.2) is 0 Å². The average Bonchev–Trinajstić information content (AvgIpc) is 2.59. The van der Waals surface area contributed by atoms with E-state index < -0.39 is 6.75 Å². The van der Waals surface area contributed by atoms with E-state index in [1.165, 1.54) is 5.56 Å². The summed E-state index contributed by atoms with van der Waals surface area (Å²) >= 11 is 0. The molecule has 0 fully saturated rings. The molecule has 0 amide bonds. The SMILES string of the molecule is CO[B-](OC)(OC)c1ccccc1C=NCc1ccccc1. The van der Waals surface area contributed by atoms with Crippen LogP contribution in [0.25, 0.3) is 0 Å². The number of benzene rings is 2. The summed E-state index contributed by atoms with van der Waals surface area (Å²) in [7, 11) is 4.72. The Bertz CT molecular complexity index is 604. The molecule has 0 aliphatic rings. The second-order valence-corrected chi connectivity index (χ2v) is 4.93. The van der Waals surface area contributed by atoms with Crippen LogP contribution in [-0.2, 0) is 20.5 Å². The monoisotopic (exact) mass is 298 g/mol. The lowest BCUT2D eigenvalue weighted by atomic mass is 9.67. The summed E-state index contributed by atoms with van der Waals surface area (Å²) < 4.78 is 16.5. The van der Waals surface area contributed by atoms with Gasteiger partial charge in [-0.15, -0.1) is 5.46 Å². The Morgan fingerprint density at radius 2 is 1.45 bits per heavy atom. The van der Waals surface area contributed by atoms with Gasteiger partial charge in [0.25, 0.3) is 0 Å². The second-order valence-electron chi connectivity index (χ2n) is 4.93. The lowest BCUT2D eigenvalue weighted by Gasteiger charge is -2.38. The van der Waals surface area contributed by atoms with Crippen LogP contribution in [0.4, 0.5) is 0 Å². The van der Waals surface area contributed by atoms with Crippen molar-refractivity contribution in [1.82, 2.24) is 0 Å². The first-order valence-corrected chi connectivity index (χ1v) is 7.18. The smallest absolute Gasteiger partial charge is 0.409 e. The largest absolute Gasteiger partial charge is 0.543 e. The lowest BCUT2D eigenvalue weighted by Crippen LogP contribution is -2.55. The molecule has 5 heteroatoms. The van der Waals surface area contributed by atoms with E-state index in [9.17, 15) is 0 Å². The molecule has 2 rings (SSSR count). The third-order valence-electron chi connectivity index (χ3n) is 3.65. The average molecular weight is 298 g/mol. The molecule has 0 N–H and O–H groups in total. The highest BCUT2D eigenvalue weighted by atomic mass is 16.7. The zero-order valence-electron chi connectivity index (χ0n) is 13.2. The Morgan fingerprint density at radius 1 is 0.864 bits per heavy atom. The third kappa shape index (κ3) is 3.63. The molecule has 0 saturated carbocycles. The fourth-order valence-corrected chi connectivity index (χ4v) is 2.45. The maximum atomic E-state index is 5.48. The minimum absolute atomic E-state index is 0.627. The normalized spacial score (nSPS) is 12.0. The van der Waals surface area contributed by atoms with Gasteiger partial charge in [-0.2, -0.15) is 0 Å². The van der Waals surface area contributed by atoms with Gasteiger partial charge in [0.05, 0.1) is 6.54 Å². The van der Waals surface area contributed by atoms with Gasteiger partial charge < -0.3 is 14.0 Å². The van der Waals surface area contributed by atoms with Crippen LogP contribution in [-0.4, -0.2) is 34.3 Å². The molecule has 0 spiro atoms. The lowest BCUT2D eigenvalue weighted by molar-refractivity contribution is 0.140. The first-order valence-electron chi connectivity index (χ1n) is 7.18. The Hall–Kier alpha value is -1.95. The molecule has 0 aromatic heterocycles. The number of hydrogen-bond acceptors (Lipinski definition) is 4. The van der Waals surface area contributed by atoms with E-state index in [2.05, 4.69) is 17.1 Å². The number of hydrogen-bond donors (Lipinski definition) is 0. The summed E-state index contributed by atoms with van der Waals surface area (Å²) in [6, 6.07) is 17.9. The minimum Gasteiger partial charge on any atom is -0.543 e. The first kappa shape index (κ1) is 16.4. The van der Waals surface area contributed by atoms with Crippen molar-refractivity contribution in [3.63, 3.8) is 0 Å². The van der Waals surface area contributed by atoms with Gasteiger partial charge in [0.2, 0.25) is 0 Å². The van der Waals surface area contributed by atoms with Crippen molar-refractivity contribution in [2.75, 3.05) is 21.3 Å². The highest BCUT2D eigenvalue weighted by Crippen LogP contribution is 2.10. The molecular weight excluding hydrogens is 277 g/mol. The van der Waals surface area contributed by atoms with Crippen molar-refractivity contribution >= 4 is 18.4 Å². The fraction of sp³-hybridized carbons (Fsp3) is 0.235. The molecule has 4 nitrogen and oxygen atoms in total. The van der Waals surface area contributed by atoms with E-state index in [-0.39, 0.29) is 0 Å². The fourth-order valence-electron chi connectivity index (χ4n) is 2.45. The van der Waals surface area contributed by atoms with Crippen LogP contribution in [0, 0.1) is 0 Å². The van der Waals surface area contributed by atoms with Crippen LogP contribution in [0.5, 0.6) is 0 Å². The van der Waals surface area contributed by atoms with Crippen molar-refractivity contribution in [1.29, 1.82) is 0 Å². The van der Waals surface area contributed by atoms with E-state index in [4.69, 9.17) is 14.0 Å². The summed E-state index contributed by atoms with van der Waals surface area (Å²) in [6.07, 6.45) is 1.83. The predicted molar refractivity (Wildman–Crippen MR) is 90.6 cm³/mol. The standard InChI is InChI=1S/C17H21BNO3/c1-20-18(21-2,22-3)17-12-8-7-11-16(17)14-19-13-15-9-5-4-6-10-15/h4-12,14H,13H2,1-3H3/q-1. The van der Waals surface area contributed by atoms with Gasteiger partial charge >= 0.3 is 6.75 Å². The Labute approximate surface area is 131 Å². The van der Waals surface area contributed by atoms with Gasteiger partial charge in [0, 0.05) is 6.21 Å². The molecule has 0 aliphatic heterocycles. The van der Waals surface area contributed by atoms with E-state index in [0.29, 0.717) is 6.54 Å². The quantitative estimate of drug-likeness (QED) is 0.582. The second kappa shape index (κ2) is 7.89. The van der Waals surface area contributed by atoms with Crippen molar-refractivity contribution in [2.24, 2.45) is 4.99 Å². The van der Waals surface area contributed by atoms with E-state index >= 15 is 0 Å². The van der Waals surface area contributed by atoms with Crippen LogP contribution in [0.2, 0.25) is 0 Å². The van der Waals surface area contributed by atoms with E-state index in [0.717, 1.165) is 11.0 Å². The highest BCUT2D eigenvalue weighted by molar-refractivity contribution is 6.76.